The monoisotopic (exact) mass is 251 g/mol. The molecule has 0 bridgehead atoms. The first kappa shape index (κ1) is 12.3. The van der Waals surface area contributed by atoms with E-state index < -0.39 is 16.3 Å². The van der Waals surface area contributed by atoms with Gasteiger partial charge in [-0.1, -0.05) is 6.42 Å². The summed E-state index contributed by atoms with van der Waals surface area (Å²) in [6.07, 6.45) is 3.49. The fourth-order valence-electron chi connectivity index (χ4n) is 1.96. The molecule has 1 aromatic rings. The highest BCUT2D eigenvalue weighted by molar-refractivity contribution is 5.76. The number of nitrogens with one attached hydrogen (secondary N) is 1. The first-order chi connectivity index (χ1) is 8.53. The highest BCUT2D eigenvalue weighted by atomic mass is 16.6. The van der Waals surface area contributed by atoms with Gasteiger partial charge in [-0.25, -0.2) is 4.98 Å². The van der Waals surface area contributed by atoms with Crippen LogP contribution in [0.3, 0.4) is 0 Å². The maximum atomic E-state index is 11.1. The molecule has 1 saturated carbocycles. The first-order valence-corrected chi connectivity index (χ1v) is 5.61. The number of pyridine rings is 1. The average molecular weight is 251 g/mol. The van der Waals surface area contributed by atoms with Crippen LogP contribution in [0, 0.1) is 15.5 Å². The fourth-order valence-corrected chi connectivity index (χ4v) is 1.96. The van der Waals surface area contributed by atoms with E-state index in [1.54, 1.807) is 0 Å². The van der Waals surface area contributed by atoms with Gasteiger partial charge in [0.05, 0.1) is 16.4 Å². The predicted octanol–water partition coefficient (Wildman–Crippen LogP) is 1.66. The van der Waals surface area contributed by atoms with E-state index in [0.717, 1.165) is 6.42 Å². The molecular weight excluding hydrogens is 238 g/mol. The van der Waals surface area contributed by atoms with Crippen LogP contribution < -0.4 is 5.32 Å². The van der Waals surface area contributed by atoms with Gasteiger partial charge < -0.3 is 10.4 Å². The molecule has 2 N–H and O–H groups in total. The van der Waals surface area contributed by atoms with Gasteiger partial charge in [-0.05, 0) is 12.8 Å². The van der Waals surface area contributed by atoms with Gasteiger partial charge in [0.1, 0.15) is 5.82 Å². The molecule has 0 atom stereocenters. The number of aromatic nitrogens is 1. The molecule has 96 valence electrons. The van der Waals surface area contributed by atoms with Crippen molar-refractivity contribution in [2.75, 3.05) is 11.9 Å². The van der Waals surface area contributed by atoms with Crippen LogP contribution >= 0.6 is 0 Å². The molecule has 1 fully saturated rings. The Balaban J connectivity index is 2.04. The molecule has 1 aliphatic carbocycles. The number of nitro groups is 1. The zero-order valence-corrected chi connectivity index (χ0v) is 9.63. The zero-order chi connectivity index (χ0) is 13.2. The molecular formula is C11H13N3O4. The zero-order valence-electron chi connectivity index (χ0n) is 9.63. The number of anilines is 1. The lowest BCUT2D eigenvalue weighted by Crippen LogP contribution is -2.43. The molecule has 0 aliphatic heterocycles. The number of carboxylic acids is 1. The van der Waals surface area contributed by atoms with E-state index in [0.29, 0.717) is 18.7 Å². The summed E-state index contributed by atoms with van der Waals surface area (Å²) >= 11 is 0. The Hall–Kier alpha value is -2.18. The minimum Gasteiger partial charge on any atom is -0.481 e. The van der Waals surface area contributed by atoms with Crippen molar-refractivity contribution in [1.82, 2.24) is 4.98 Å². The van der Waals surface area contributed by atoms with Crippen LogP contribution in [-0.4, -0.2) is 27.5 Å². The Labute approximate surface area is 103 Å². The van der Waals surface area contributed by atoms with E-state index in [1.807, 2.05) is 0 Å². The van der Waals surface area contributed by atoms with Crippen LogP contribution in [0.2, 0.25) is 0 Å². The third kappa shape index (κ3) is 2.24. The SMILES string of the molecule is O=C(O)C1(CNc2cc([N+](=O)[O-])ccn2)CCC1. The van der Waals surface area contributed by atoms with Crippen molar-refractivity contribution in [3.8, 4) is 0 Å². The topological polar surface area (TPSA) is 105 Å². The van der Waals surface area contributed by atoms with E-state index in [4.69, 9.17) is 5.11 Å². The van der Waals surface area contributed by atoms with Crippen molar-refractivity contribution in [3.05, 3.63) is 28.4 Å². The summed E-state index contributed by atoms with van der Waals surface area (Å²) < 4.78 is 0. The van der Waals surface area contributed by atoms with E-state index in [-0.39, 0.29) is 12.2 Å². The Morgan fingerprint density at radius 2 is 2.33 bits per heavy atom. The maximum Gasteiger partial charge on any atom is 0.311 e. The van der Waals surface area contributed by atoms with Crippen LogP contribution in [0.4, 0.5) is 11.5 Å². The van der Waals surface area contributed by atoms with Gasteiger partial charge in [0.2, 0.25) is 0 Å². The summed E-state index contributed by atoms with van der Waals surface area (Å²) in [5.74, 6) is -0.497. The highest BCUT2D eigenvalue weighted by Gasteiger charge is 2.44. The number of carboxylic acid groups (broad SMARTS) is 1. The Kier molecular flexibility index (Phi) is 3.14. The van der Waals surface area contributed by atoms with E-state index in [2.05, 4.69) is 10.3 Å². The molecule has 0 aromatic carbocycles. The van der Waals surface area contributed by atoms with E-state index in [9.17, 15) is 14.9 Å². The third-order valence-corrected chi connectivity index (χ3v) is 3.33. The summed E-state index contributed by atoms with van der Waals surface area (Å²) in [6.45, 7) is 0.247. The number of hydrogen-bond acceptors (Lipinski definition) is 5. The second kappa shape index (κ2) is 4.59. The van der Waals surface area contributed by atoms with Crippen LogP contribution in [0.5, 0.6) is 0 Å². The fraction of sp³-hybridized carbons (Fsp3) is 0.455. The van der Waals surface area contributed by atoms with Crippen molar-refractivity contribution in [3.63, 3.8) is 0 Å². The standard InChI is InChI=1S/C11H13N3O4/c15-10(16)11(3-1-4-11)7-13-9-6-8(14(17)18)2-5-12-9/h2,5-6H,1,3-4,7H2,(H,12,13)(H,15,16). The van der Waals surface area contributed by atoms with Crippen LogP contribution in [0.25, 0.3) is 0 Å². The second-order valence-corrected chi connectivity index (χ2v) is 4.45. The van der Waals surface area contributed by atoms with Gasteiger partial charge >= 0.3 is 5.97 Å². The van der Waals surface area contributed by atoms with Crippen molar-refractivity contribution >= 4 is 17.5 Å². The normalized spacial score (nSPS) is 16.7. The Morgan fingerprint density at radius 1 is 1.61 bits per heavy atom. The minimum absolute atomic E-state index is 0.0644. The summed E-state index contributed by atoms with van der Waals surface area (Å²) in [6, 6.07) is 2.59. The molecule has 1 aliphatic rings. The number of rotatable bonds is 5. The number of nitrogens with zero attached hydrogens (tertiary/aromatic N) is 2. The van der Waals surface area contributed by atoms with Crippen molar-refractivity contribution in [2.24, 2.45) is 5.41 Å². The summed E-state index contributed by atoms with van der Waals surface area (Å²) in [5, 5.41) is 22.6. The minimum atomic E-state index is -0.827. The number of hydrogen-bond donors (Lipinski definition) is 2. The van der Waals surface area contributed by atoms with Gasteiger partial charge in [0, 0.05) is 18.8 Å². The van der Waals surface area contributed by atoms with Crippen LogP contribution in [0.15, 0.2) is 18.3 Å². The van der Waals surface area contributed by atoms with Crippen molar-refractivity contribution < 1.29 is 14.8 Å². The molecule has 7 heteroatoms. The third-order valence-electron chi connectivity index (χ3n) is 3.33. The van der Waals surface area contributed by atoms with Gasteiger partial charge in [-0.2, -0.15) is 0 Å². The molecule has 1 heterocycles. The molecule has 7 nitrogen and oxygen atoms in total. The van der Waals surface area contributed by atoms with Crippen LogP contribution in [-0.2, 0) is 4.79 Å². The molecule has 1 aromatic heterocycles. The van der Waals surface area contributed by atoms with Gasteiger partial charge in [0.25, 0.3) is 5.69 Å². The first-order valence-electron chi connectivity index (χ1n) is 5.61. The molecule has 0 unspecified atom stereocenters. The lowest BCUT2D eigenvalue weighted by molar-refractivity contribution is -0.384. The average Bonchev–Trinajstić information content (AvgIpc) is 2.27. The number of aliphatic carboxylic acids is 1. The lowest BCUT2D eigenvalue weighted by Gasteiger charge is -2.37. The molecule has 2 rings (SSSR count). The largest absolute Gasteiger partial charge is 0.481 e. The molecule has 0 amide bonds. The summed E-state index contributed by atoms with van der Waals surface area (Å²) in [5.41, 5.74) is -0.808. The maximum absolute atomic E-state index is 11.1. The van der Waals surface area contributed by atoms with Crippen LogP contribution in [0.1, 0.15) is 19.3 Å². The van der Waals surface area contributed by atoms with E-state index >= 15 is 0 Å². The smallest absolute Gasteiger partial charge is 0.311 e. The Morgan fingerprint density at radius 3 is 2.83 bits per heavy atom. The Bertz CT molecular complexity index is 485. The summed E-state index contributed by atoms with van der Waals surface area (Å²) in [4.78, 5) is 25.1. The number of carbonyl (C=O) groups is 1. The van der Waals surface area contributed by atoms with Crippen molar-refractivity contribution in [1.29, 1.82) is 0 Å². The van der Waals surface area contributed by atoms with Gasteiger partial charge in [-0.3, -0.25) is 14.9 Å². The predicted molar refractivity (Wildman–Crippen MR) is 63.3 cm³/mol. The molecule has 0 spiro atoms. The van der Waals surface area contributed by atoms with E-state index in [1.165, 1.54) is 18.3 Å². The van der Waals surface area contributed by atoms with Gasteiger partial charge in [0.15, 0.2) is 0 Å². The molecule has 0 saturated heterocycles. The lowest BCUT2D eigenvalue weighted by atomic mass is 9.69. The molecule has 18 heavy (non-hydrogen) atoms. The quantitative estimate of drug-likeness (QED) is 0.609. The van der Waals surface area contributed by atoms with Gasteiger partial charge in [-0.15, -0.1) is 0 Å². The second-order valence-electron chi connectivity index (χ2n) is 4.45. The van der Waals surface area contributed by atoms with Crippen molar-refractivity contribution in [2.45, 2.75) is 19.3 Å². The molecule has 0 radical (unpaired) electrons. The summed E-state index contributed by atoms with van der Waals surface area (Å²) in [7, 11) is 0. The highest BCUT2D eigenvalue weighted by Crippen LogP contribution is 2.41.